The second kappa shape index (κ2) is 5.43. The second-order valence-electron chi connectivity index (χ2n) is 4.49. The van der Waals surface area contributed by atoms with Gasteiger partial charge in [0.1, 0.15) is 5.82 Å². The molecule has 0 amide bonds. The van der Waals surface area contributed by atoms with Crippen LogP contribution in [-0.4, -0.2) is 26.9 Å². The SMILES string of the molecule is ClCCc1nc2ccc(Br)cc2n1C1CCSC1. The van der Waals surface area contributed by atoms with Crippen molar-refractivity contribution in [2.75, 3.05) is 17.4 Å². The van der Waals surface area contributed by atoms with Crippen molar-refractivity contribution in [3.8, 4) is 0 Å². The molecule has 2 nitrogen and oxygen atoms in total. The average Bonchev–Trinajstić information content (AvgIpc) is 2.95. The van der Waals surface area contributed by atoms with Gasteiger partial charge < -0.3 is 4.57 Å². The van der Waals surface area contributed by atoms with Crippen molar-refractivity contribution >= 4 is 50.3 Å². The summed E-state index contributed by atoms with van der Waals surface area (Å²) in [5, 5.41) is 0. The van der Waals surface area contributed by atoms with Crippen LogP contribution in [0, 0.1) is 0 Å². The summed E-state index contributed by atoms with van der Waals surface area (Å²) in [5.74, 6) is 4.20. The molecule has 1 fully saturated rings. The molecule has 1 aliphatic heterocycles. The summed E-state index contributed by atoms with van der Waals surface area (Å²) in [7, 11) is 0. The summed E-state index contributed by atoms with van der Waals surface area (Å²) in [6, 6.07) is 6.87. The number of hydrogen-bond acceptors (Lipinski definition) is 2. The Morgan fingerprint density at radius 1 is 1.50 bits per heavy atom. The summed E-state index contributed by atoms with van der Waals surface area (Å²) in [6.07, 6.45) is 2.08. The molecule has 96 valence electrons. The van der Waals surface area contributed by atoms with Crippen molar-refractivity contribution < 1.29 is 0 Å². The molecule has 0 aliphatic carbocycles. The van der Waals surface area contributed by atoms with E-state index in [1.54, 1.807) is 0 Å². The fourth-order valence-corrected chi connectivity index (χ4v) is 4.22. The van der Waals surface area contributed by atoms with E-state index in [1.165, 1.54) is 23.4 Å². The summed E-state index contributed by atoms with van der Waals surface area (Å²) >= 11 is 11.5. The number of aryl methyl sites for hydroxylation is 1. The van der Waals surface area contributed by atoms with Crippen LogP contribution in [0.2, 0.25) is 0 Å². The van der Waals surface area contributed by atoms with Crippen LogP contribution in [-0.2, 0) is 6.42 Å². The van der Waals surface area contributed by atoms with Crippen molar-refractivity contribution in [2.24, 2.45) is 0 Å². The van der Waals surface area contributed by atoms with E-state index in [0.29, 0.717) is 11.9 Å². The molecule has 1 aromatic carbocycles. The summed E-state index contributed by atoms with van der Waals surface area (Å²) in [4.78, 5) is 4.74. The van der Waals surface area contributed by atoms with E-state index >= 15 is 0 Å². The molecule has 0 saturated carbocycles. The topological polar surface area (TPSA) is 17.8 Å². The molecule has 1 aromatic heterocycles. The second-order valence-corrected chi connectivity index (χ2v) is 6.93. The average molecular weight is 346 g/mol. The molecule has 1 atom stereocenters. The lowest BCUT2D eigenvalue weighted by molar-refractivity contribution is 0.552. The zero-order chi connectivity index (χ0) is 12.5. The summed E-state index contributed by atoms with van der Waals surface area (Å²) in [6.45, 7) is 0. The zero-order valence-corrected chi connectivity index (χ0v) is 13.1. The van der Waals surface area contributed by atoms with Gasteiger partial charge in [-0.2, -0.15) is 11.8 Å². The predicted molar refractivity (Wildman–Crippen MR) is 82.8 cm³/mol. The van der Waals surface area contributed by atoms with Gasteiger partial charge in [0, 0.05) is 28.6 Å². The number of imidazole rings is 1. The molecular formula is C13H14BrClN2S. The minimum atomic E-state index is 0.576. The number of rotatable bonds is 3. The van der Waals surface area contributed by atoms with Gasteiger partial charge in [-0.25, -0.2) is 4.98 Å². The van der Waals surface area contributed by atoms with Crippen molar-refractivity contribution in [3.63, 3.8) is 0 Å². The lowest BCUT2D eigenvalue weighted by atomic mass is 10.2. The fraction of sp³-hybridized carbons (Fsp3) is 0.462. The third-order valence-corrected chi connectivity index (χ3v) is 5.14. The first-order valence-corrected chi connectivity index (χ1v) is 8.58. The van der Waals surface area contributed by atoms with Crippen LogP contribution in [0.15, 0.2) is 22.7 Å². The Morgan fingerprint density at radius 3 is 3.11 bits per heavy atom. The Morgan fingerprint density at radius 2 is 2.39 bits per heavy atom. The van der Waals surface area contributed by atoms with E-state index in [-0.39, 0.29) is 0 Å². The molecule has 0 radical (unpaired) electrons. The van der Waals surface area contributed by atoms with Gasteiger partial charge in [0.25, 0.3) is 0 Å². The summed E-state index contributed by atoms with van der Waals surface area (Å²) in [5.41, 5.74) is 2.31. The molecule has 0 spiro atoms. The number of fused-ring (bicyclic) bond motifs is 1. The first-order valence-electron chi connectivity index (χ1n) is 6.09. The smallest absolute Gasteiger partial charge is 0.111 e. The number of alkyl halides is 1. The molecule has 5 heteroatoms. The van der Waals surface area contributed by atoms with Gasteiger partial charge in [-0.05, 0) is 30.4 Å². The molecule has 2 aromatic rings. The van der Waals surface area contributed by atoms with Crippen LogP contribution in [0.5, 0.6) is 0 Å². The number of benzene rings is 1. The van der Waals surface area contributed by atoms with E-state index in [9.17, 15) is 0 Å². The molecule has 1 aliphatic rings. The Labute approximate surface area is 124 Å². The highest BCUT2D eigenvalue weighted by molar-refractivity contribution is 9.10. The Hall–Kier alpha value is -0.190. The maximum absolute atomic E-state index is 5.91. The lowest BCUT2D eigenvalue weighted by Crippen LogP contribution is -2.12. The number of nitrogens with zero attached hydrogens (tertiary/aromatic N) is 2. The van der Waals surface area contributed by atoms with Crippen LogP contribution in [0.3, 0.4) is 0 Å². The van der Waals surface area contributed by atoms with Crippen molar-refractivity contribution in [1.82, 2.24) is 9.55 Å². The standard InChI is InChI=1S/C13H14BrClN2S/c14-9-1-2-11-12(7-9)17(10-4-6-18-8-10)13(16-11)3-5-15/h1-2,7,10H,3-6,8H2. The Balaban J connectivity index is 2.16. The van der Waals surface area contributed by atoms with Crippen molar-refractivity contribution in [3.05, 3.63) is 28.5 Å². The third-order valence-electron chi connectivity index (χ3n) is 3.31. The zero-order valence-electron chi connectivity index (χ0n) is 9.90. The molecule has 2 heterocycles. The van der Waals surface area contributed by atoms with Crippen LogP contribution < -0.4 is 0 Å². The number of halogens is 2. The van der Waals surface area contributed by atoms with E-state index in [0.717, 1.165) is 22.2 Å². The minimum absolute atomic E-state index is 0.576. The fourth-order valence-electron chi connectivity index (χ4n) is 2.51. The molecule has 1 saturated heterocycles. The number of hydrogen-bond donors (Lipinski definition) is 0. The van der Waals surface area contributed by atoms with Gasteiger partial charge in [-0.1, -0.05) is 15.9 Å². The van der Waals surface area contributed by atoms with E-state index in [2.05, 4.69) is 32.6 Å². The van der Waals surface area contributed by atoms with Crippen LogP contribution in [0.1, 0.15) is 18.3 Å². The minimum Gasteiger partial charge on any atom is -0.324 e. The predicted octanol–water partition coefficient (Wildman–Crippen LogP) is 4.26. The highest BCUT2D eigenvalue weighted by Crippen LogP contribution is 2.33. The highest BCUT2D eigenvalue weighted by Gasteiger charge is 2.22. The van der Waals surface area contributed by atoms with Gasteiger partial charge in [-0.3, -0.25) is 0 Å². The number of thioether (sulfide) groups is 1. The van der Waals surface area contributed by atoms with Gasteiger partial charge in [-0.15, -0.1) is 11.6 Å². The van der Waals surface area contributed by atoms with Crippen molar-refractivity contribution in [1.29, 1.82) is 0 Å². The van der Waals surface area contributed by atoms with Gasteiger partial charge in [0.05, 0.1) is 11.0 Å². The molecule has 3 rings (SSSR count). The maximum atomic E-state index is 5.91. The lowest BCUT2D eigenvalue weighted by Gasteiger charge is -2.15. The van der Waals surface area contributed by atoms with E-state index < -0.39 is 0 Å². The van der Waals surface area contributed by atoms with Crippen molar-refractivity contribution in [2.45, 2.75) is 18.9 Å². The molecular weight excluding hydrogens is 332 g/mol. The van der Waals surface area contributed by atoms with E-state index in [4.69, 9.17) is 16.6 Å². The monoisotopic (exact) mass is 344 g/mol. The first kappa shape index (κ1) is 12.8. The van der Waals surface area contributed by atoms with E-state index in [1.807, 2.05) is 17.8 Å². The van der Waals surface area contributed by atoms with Crippen LogP contribution in [0.25, 0.3) is 11.0 Å². The maximum Gasteiger partial charge on any atom is 0.111 e. The Kier molecular flexibility index (Phi) is 3.87. The van der Waals surface area contributed by atoms with Gasteiger partial charge in [0.15, 0.2) is 0 Å². The molecule has 0 bridgehead atoms. The van der Waals surface area contributed by atoms with Crippen LogP contribution >= 0.6 is 39.3 Å². The molecule has 0 N–H and O–H groups in total. The normalized spacial score (nSPS) is 19.8. The summed E-state index contributed by atoms with van der Waals surface area (Å²) < 4.78 is 3.52. The third kappa shape index (κ3) is 2.30. The Bertz CT molecular complexity index is 563. The first-order chi connectivity index (χ1) is 8.79. The highest BCUT2D eigenvalue weighted by atomic mass is 79.9. The molecule has 1 unspecified atom stereocenters. The van der Waals surface area contributed by atoms with Gasteiger partial charge in [0.2, 0.25) is 0 Å². The quantitative estimate of drug-likeness (QED) is 0.774. The molecule has 18 heavy (non-hydrogen) atoms. The number of aromatic nitrogens is 2. The van der Waals surface area contributed by atoms with Crippen LogP contribution in [0.4, 0.5) is 0 Å². The largest absolute Gasteiger partial charge is 0.324 e. The van der Waals surface area contributed by atoms with Gasteiger partial charge >= 0.3 is 0 Å².